The van der Waals surface area contributed by atoms with Crippen LogP contribution in [0.2, 0.25) is 0 Å². The molecule has 0 bridgehead atoms. The number of anilines is 1. The summed E-state index contributed by atoms with van der Waals surface area (Å²) in [5.74, 6) is -0.558. The maximum absolute atomic E-state index is 14.2. The van der Waals surface area contributed by atoms with E-state index in [1.807, 2.05) is 6.92 Å². The molecule has 1 aromatic heterocycles. The Morgan fingerprint density at radius 3 is 2.51 bits per heavy atom. The second kappa shape index (κ2) is 14.6. The average Bonchev–Trinajstić information content (AvgIpc) is 3.62. The van der Waals surface area contributed by atoms with Gasteiger partial charge >= 0.3 is 5.91 Å². The number of hydrogen-bond acceptors (Lipinski definition) is 10. The molecule has 0 saturated carbocycles. The number of aliphatic hydroxyl groups excluding tert-OH is 1. The number of halogens is 1. The fraction of sp³-hybridized carbons (Fsp3) is 0.273. The van der Waals surface area contributed by atoms with Crippen LogP contribution in [0.4, 0.5) is 9.52 Å². The maximum atomic E-state index is 14.2. The lowest BCUT2D eigenvalue weighted by atomic mass is 9.95. The number of unbranched alkanes of at least 4 members (excludes halogenated alkanes) is 1. The number of ether oxygens (including phenoxy) is 3. The summed E-state index contributed by atoms with van der Waals surface area (Å²) in [4.78, 5) is 28.5. The van der Waals surface area contributed by atoms with E-state index in [4.69, 9.17) is 14.2 Å². The summed E-state index contributed by atoms with van der Waals surface area (Å²) in [7, 11) is 1.52. The number of benzene rings is 3. The summed E-state index contributed by atoms with van der Waals surface area (Å²) in [6, 6.07) is 17.1. The smallest absolute Gasteiger partial charge is 0.301 e. The van der Waals surface area contributed by atoms with Crippen LogP contribution in [0.1, 0.15) is 49.4 Å². The molecule has 234 valence electrons. The third kappa shape index (κ3) is 6.97. The van der Waals surface area contributed by atoms with E-state index < -0.39 is 17.7 Å². The van der Waals surface area contributed by atoms with E-state index in [9.17, 15) is 19.1 Å². The van der Waals surface area contributed by atoms with E-state index in [0.29, 0.717) is 57.2 Å². The molecule has 1 unspecified atom stereocenters. The van der Waals surface area contributed by atoms with Gasteiger partial charge < -0.3 is 19.3 Å². The second-order valence-corrected chi connectivity index (χ2v) is 12.1. The number of amides is 1. The number of hydrogen-bond donors (Lipinski definition) is 1. The normalized spacial score (nSPS) is 15.8. The third-order valence-electron chi connectivity index (χ3n) is 7.06. The molecule has 3 aromatic carbocycles. The minimum atomic E-state index is -1.05. The third-order valence-corrected chi connectivity index (χ3v) is 9.16. The number of thioether (sulfide) groups is 1. The SMILES string of the molecule is CCCCOc1ccc(C2/C(=C(\O)c3ccc(OC)cc3)C(=O)C(=O)N2c2nnc(SCc3ccccc3F)s2)cc1OCC. The first-order valence-corrected chi connectivity index (χ1v) is 16.2. The zero-order valence-electron chi connectivity index (χ0n) is 25.0. The zero-order chi connectivity index (χ0) is 31.9. The molecule has 1 aliphatic heterocycles. The Balaban J connectivity index is 1.57. The predicted octanol–water partition coefficient (Wildman–Crippen LogP) is 7.18. The van der Waals surface area contributed by atoms with Crippen LogP contribution in [-0.4, -0.2) is 47.3 Å². The minimum Gasteiger partial charge on any atom is -0.507 e. The standard InChI is InChI=1S/C33H32FN3O6S2/c1-4-6-17-43-25-16-13-21(18-26(25)42-5-2)28-27(29(38)20-11-14-23(41-3)15-12-20)30(39)31(40)37(28)32-35-36-33(45-32)44-19-22-9-7-8-10-24(22)34/h7-16,18,28,38H,4-6,17,19H2,1-3H3/b29-27+. The van der Waals surface area contributed by atoms with Gasteiger partial charge in [0.2, 0.25) is 5.13 Å². The lowest BCUT2D eigenvalue weighted by molar-refractivity contribution is -0.132. The van der Waals surface area contributed by atoms with Crippen molar-refractivity contribution < 1.29 is 33.3 Å². The van der Waals surface area contributed by atoms with Crippen LogP contribution >= 0.6 is 23.1 Å². The number of carbonyl (C=O) groups excluding carboxylic acids is 2. The lowest BCUT2D eigenvalue weighted by Crippen LogP contribution is -2.29. The van der Waals surface area contributed by atoms with Crippen LogP contribution in [0.25, 0.3) is 5.76 Å². The first-order chi connectivity index (χ1) is 21.9. The molecule has 12 heteroatoms. The van der Waals surface area contributed by atoms with Crippen molar-refractivity contribution >= 4 is 45.7 Å². The van der Waals surface area contributed by atoms with Crippen LogP contribution in [0.5, 0.6) is 17.2 Å². The van der Waals surface area contributed by atoms with Crippen LogP contribution in [0, 0.1) is 5.82 Å². The van der Waals surface area contributed by atoms with Gasteiger partial charge in [-0.2, -0.15) is 0 Å². The van der Waals surface area contributed by atoms with Gasteiger partial charge in [-0.05, 0) is 66.9 Å². The number of aliphatic hydroxyl groups is 1. The quantitative estimate of drug-likeness (QED) is 0.0402. The van der Waals surface area contributed by atoms with E-state index in [0.717, 1.165) is 24.2 Å². The molecular weight excluding hydrogens is 618 g/mol. The molecule has 1 fully saturated rings. The van der Waals surface area contributed by atoms with Crippen LogP contribution in [0.3, 0.4) is 0 Å². The van der Waals surface area contributed by atoms with Crippen molar-refractivity contribution in [2.75, 3.05) is 25.2 Å². The monoisotopic (exact) mass is 649 g/mol. The van der Waals surface area contributed by atoms with Crippen molar-refractivity contribution in [3.8, 4) is 17.2 Å². The maximum Gasteiger partial charge on any atom is 0.301 e. The molecular formula is C33H32FN3O6S2. The number of nitrogens with zero attached hydrogens (tertiary/aromatic N) is 3. The van der Waals surface area contributed by atoms with E-state index in [1.165, 1.54) is 29.8 Å². The van der Waals surface area contributed by atoms with E-state index in [1.54, 1.807) is 60.7 Å². The molecule has 1 N–H and O–H groups in total. The number of methoxy groups -OCH3 is 1. The van der Waals surface area contributed by atoms with Crippen molar-refractivity contribution in [2.45, 2.75) is 42.8 Å². The van der Waals surface area contributed by atoms with Gasteiger partial charge in [0.25, 0.3) is 5.78 Å². The average molecular weight is 650 g/mol. The molecule has 0 spiro atoms. The Morgan fingerprint density at radius 2 is 1.80 bits per heavy atom. The Kier molecular flexibility index (Phi) is 10.4. The van der Waals surface area contributed by atoms with Gasteiger partial charge in [0.15, 0.2) is 15.8 Å². The molecule has 5 rings (SSSR count). The zero-order valence-corrected chi connectivity index (χ0v) is 26.6. The first-order valence-electron chi connectivity index (χ1n) is 14.4. The summed E-state index contributed by atoms with van der Waals surface area (Å²) in [5.41, 5.74) is 1.24. The summed E-state index contributed by atoms with van der Waals surface area (Å²) >= 11 is 2.37. The van der Waals surface area contributed by atoms with Gasteiger partial charge in [0.1, 0.15) is 17.3 Å². The van der Waals surface area contributed by atoms with Crippen molar-refractivity contribution in [3.05, 3.63) is 94.8 Å². The number of ketones is 1. The van der Waals surface area contributed by atoms with Gasteiger partial charge in [0, 0.05) is 11.3 Å². The Bertz CT molecular complexity index is 1710. The summed E-state index contributed by atoms with van der Waals surface area (Å²) < 4.78 is 31.7. The largest absolute Gasteiger partial charge is 0.507 e. The van der Waals surface area contributed by atoms with Crippen molar-refractivity contribution in [1.82, 2.24) is 10.2 Å². The number of carbonyl (C=O) groups is 2. The van der Waals surface area contributed by atoms with Gasteiger partial charge in [-0.1, -0.05) is 60.7 Å². The Morgan fingerprint density at radius 1 is 1.02 bits per heavy atom. The van der Waals surface area contributed by atoms with Crippen LogP contribution in [-0.2, 0) is 15.3 Å². The summed E-state index contributed by atoms with van der Waals surface area (Å²) in [6.45, 7) is 4.78. The van der Waals surface area contributed by atoms with Crippen molar-refractivity contribution in [3.63, 3.8) is 0 Å². The van der Waals surface area contributed by atoms with E-state index >= 15 is 0 Å². The van der Waals surface area contributed by atoms with Crippen LogP contribution < -0.4 is 19.1 Å². The first kappa shape index (κ1) is 32.0. The number of rotatable bonds is 13. The van der Waals surface area contributed by atoms with Gasteiger partial charge in [0.05, 0.1) is 31.9 Å². The topological polar surface area (TPSA) is 111 Å². The van der Waals surface area contributed by atoms with E-state index in [-0.39, 0.29) is 22.3 Å². The molecule has 4 aromatic rings. The highest BCUT2D eigenvalue weighted by Crippen LogP contribution is 2.46. The fourth-order valence-electron chi connectivity index (χ4n) is 4.77. The molecule has 2 heterocycles. The van der Waals surface area contributed by atoms with E-state index in [2.05, 4.69) is 17.1 Å². The number of Topliss-reactive ketones (excluding diaryl/α,β-unsaturated/α-hetero) is 1. The Labute approximate surface area is 268 Å². The molecule has 0 radical (unpaired) electrons. The molecule has 45 heavy (non-hydrogen) atoms. The highest BCUT2D eigenvalue weighted by Gasteiger charge is 2.48. The lowest BCUT2D eigenvalue weighted by Gasteiger charge is -2.23. The summed E-state index contributed by atoms with van der Waals surface area (Å²) in [6.07, 6.45) is 1.83. The predicted molar refractivity (Wildman–Crippen MR) is 172 cm³/mol. The highest BCUT2D eigenvalue weighted by molar-refractivity contribution is 8.00. The molecule has 1 saturated heterocycles. The van der Waals surface area contributed by atoms with Gasteiger partial charge in [-0.15, -0.1) is 10.2 Å². The minimum absolute atomic E-state index is 0.108. The van der Waals surface area contributed by atoms with Gasteiger partial charge in [-0.25, -0.2) is 4.39 Å². The number of aromatic nitrogens is 2. The highest BCUT2D eigenvalue weighted by atomic mass is 32.2. The molecule has 1 amide bonds. The summed E-state index contributed by atoms with van der Waals surface area (Å²) in [5, 5.41) is 20.1. The van der Waals surface area contributed by atoms with Crippen molar-refractivity contribution in [1.29, 1.82) is 0 Å². The second-order valence-electron chi connectivity index (χ2n) is 9.97. The Hall–Kier alpha value is -4.42. The molecule has 1 atom stereocenters. The van der Waals surface area contributed by atoms with Crippen molar-refractivity contribution in [2.24, 2.45) is 0 Å². The molecule has 9 nitrogen and oxygen atoms in total. The fourth-order valence-corrected chi connectivity index (χ4v) is 6.63. The van der Waals surface area contributed by atoms with Crippen LogP contribution in [0.15, 0.2) is 76.6 Å². The van der Waals surface area contributed by atoms with Gasteiger partial charge in [-0.3, -0.25) is 14.5 Å². The molecule has 0 aliphatic carbocycles. The molecule has 1 aliphatic rings.